The monoisotopic (exact) mass is 326 g/mol. The van der Waals surface area contributed by atoms with Crippen molar-refractivity contribution >= 4 is 5.91 Å². The van der Waals surface area contributed by atoms with E-state index in [2.05, 4.69) is 21.8 Å². The predicted molar refractivity (Wildman–Crippen MR) is 94.4 cm³/mol. The molecule has 5 heteroatoms. The summed E-state index contributed by atoms with van der Waals surface area (Å²) in [5, 5.41) is 4.30. The number of likely N-dealkylation sites (N-methyl/N-ethyl adjacent to an activating group) is 1. The average molecular weight is 326 g/mol. The van der Waals surface area contributed by atoms with Crippen LogP contribution < -0.4 is 0 Å². The lowest BCUT2D eigenvalue weighted by Gasteiger charge is -2.33. The van der Waals surface area contributed by atoms with Gasteiger partial charge >= 0.3 is 0 Å². The van der Waals surface area contributed by atoms with Gasteiger partial charge in [-0.2, -0.15) is 5.10 Å². The molecule has 24 heavy (non-hydrogen) atoms. The number of carbonyl (C=O) groups is 1. The molecule has 0 radical (unpaired) electrons. The topological polar surface area (TPSA) is 41.4 Å². The van der Waals surface area contributed by atoms with E-state index in [1.807, 2.05) is 54.3 Å². The van der Waals surface area contributed by atoms with Crippen LogP contribution in [0.5, 0.6) is 0 Å². The SMILES string of the molecule is CCN(C)[C@H](C(=O)N1CCC[C@H]1Cn1cccn1)c1ccccc1. The molecule has 1 saturated heterocycles. The first-order valence-electron chi connectivity index (χ1n) is 8.73. The maximum absolute atomic E-state index is 13.3. The lowest BCUT2D eigenvalue weighted by Crippen LogP contribution is -2.45. The Labute approximate surface area is 143 Å². The summed E-state index contributed by atoms with van der Waals surface area (Å²) in [4.78, 5) is 17.5. The average Bonchev–Trinajstić information content (AvgIpc) is 3.28. The molecule has 2 heterocycles. The normalized spacial score (nSPS) is 19.0. The molecule has 1 fully saturated rings. The third kappa shape index (κ3) is 3.51. The van der Waals surface area contributed by atoms with E-state index in [0.29, 0.717) is 0 Å². The van der Waals surface area contributed by atoms with Crippen molar-refractivity contribution in [2.75, 3.05) is 20.1 Å². The van der Waals surface area contributed by atoms with Gasteiger partial charge in [0.05, 0.1) is 12.6 Å². The fourth-order valence-corrected chi connectivity index (χ4v) is 3.50. The molecular formula is C19H26N4O. The molecule has 128 valence electrons. The van der Waals surface area contributed by atoms with Gasteiger partial charge in [-0.3, -0.25) is 14.4 Å². The number of rotatable bonds is 6. The van der Waals surface area contributed by atoms with E-state index in [1.54, 1.807) is 6.20 Å². The van der Waals surface area contributed by atoms with E-state index in [4.69, 9.17) is 0 Å². The Morgan fingerprint density at radius 1 is 1.33 bits per heavy atom. The highest BCUT2D eigenvalue weighted by atomic mass is 16.2. The fraction of sp³-hybridized carbons (Fsp3) is 0.474. The van der Waals surface area contributed by atoms with Gasteiger partial charge in [0.1, 0.15) is 6.04 Å². The summed E-state index contributed by atoms with van der Waals surface area (Å²) in [5.41, 5.74) is 1.07. The first-order valence-corrected chi connectivity index (χ1v) is 8.73. The zero-order chi connectivity index (χ0) is 16.9. The van der Waals surface area contributed by atoms with E-state index in [-0.39, 0.29) is 18.0 Å². The molecule has 3 rings (SSSR count). The van der Waals surface area contributed by atoms with Crippen LogP contribution in [0.3, 0.4) is 0 Å². The summed E-state index contributed by atoms with van der Waals surface area (Å²) in [6.45, 7) is 4.54. The Balaban J connectivity index is 1.81. The second-order valence-corrected chi connectivity index (χ2v) is 6.44. The summed E-state index contributed by atoms with van der Waals surface area (Å²) in [6, 6.07) is 12.0. The summed E-state index contributed by atoms with van der Waals surface area (Å²) in [6.07, 6.45) is 5.87. The van der Waals surface area contributed by atoms with Crippen LogP contribution in [-0.2, 0) is 11.3 Å². The highest BCUT2D eigenvalue weighted by Crippen LogP contribution is 2.27. The van der Waals surface area contributed by atoms with Crippen molar-refractivity contribution in [1.29, 1.82) is 0 Å². The number of amides is 1. The van der Waals surface area contributed by atoms with Crippen LogP contribution in [0.1, 0.15) is 31.4 Å². The van der Waals surface area contributed by atoms with Crippen molar-refractivity contribution in [3.05, 3.63) is 54.4 Å². The molecule has 1 aliphatic rings. The quantitative estimate of drug-likeness (QED) is 0.819. The molecule has 0 bridgehead atoms. The van der Waals surface area contributed by atoms with E-state index < -0.39 is 0 Å². The lowest BCUT2D eigenvalue weighted by atomic mass is 10.0. The second kappa shape index (κ2) is 7.62. The maximum Gasteiger partial charge on any atom is 0.244 e. The van der Waals surface area contributed by atoms with Crippen molar-refractivity contribution in [3.8, 4) is 0 Å². The van der Waals surface area contributed by atoms with Gasteiger partial charge < -0.3 is 4.90 Å². The molecule has 1 aromatic heterocycles. The summed E-state index contributed by atoms with van der Waals surface area (Å²) >= 11 is 0. The Morgan fingerprint density at radius 3 is 2.79 bits per heavy atom. The zero-order valence-electron chi connectivity index (χ0n) is 14.5. The number of nitrogens with zero attached hydrogens (tertiary/aromatic N) is 4. The Kier molecular flexibility index (Phi) is 5.30. The first-order chi connectivity index (χ1) is 11.7. The molecule has 5 nitrogen and oxygen atoms in total. The minimum atomic E-state index is -0.213. The second-order valence-electron chi connectivity index (χ2n) is 6.44. The van der Waals surface area contributed by atoms with Gasteiger partial charge in [0, 0.05) is 18.9 Å². The Morgan fingerprint density at radius 2 is 2.12 bits per heavy atom. The number of hydrogen-bond donors (Lipinski definition) is 0. The minimum Gasteiger partial charge on any atom is -0.336 e. The molecule has 1 aliphatic heterocycles. The van der Waals surface area contributed by atoms with Gasteiger partial charge in [-0.05, 0) is 38.1 Å². The van der Waals surface area contributed by atoms with Crippen molar-refractivity contribution in [2.45, 2.75) is 38.4 Å². The summed E-state index contributed by atoms with van der Waals surface area (Å²) in [5.74, 6) is 0.209. The Hall–Kier alpha value is -2.14. The van der Waals surface area contributed by atoms with Crippen LogP contribution in [0.15, 0.2) is 48.8 Å². The van der Waals surface area contributed by atoms with E-state index in [1.165, 1.54) is 0 Å². The highest BCUT2D eigenvalue weighted by molar-refractivity contribution is 5.83. The molecule has 0 saturated carbocycles. The summed E-state index contributed by atoms with van der Waals surface area (Å²) < 4.78 is 1.93. The van der Waals surface area contributed by atoms with E-state index in [0.717, 1.165) is 38.0 Å². The molecule has 0 N–H and O–H groups in total. The van der Waals surface area contributed by atoms with Crippen molar-refractivity contribution in [3.63, 3.8) is 0 Å². The van der Waals surface area contributed by atoms with E-state index in [9.17, 15) is 4.79 Å². The van der Waals surface area contributed by atoms with Crippen LogP contribution in [0, 0.1) is 0 Å². The number of carbonyl (C=O) groups excluding carboxylic acids is 1. The molecule has 0 aliphatic carbocycles. The molecular weight excluding hydrogens is 300 g/mol. The van der Waals surface area contributed by atoms with Gasteiger partial charge in [-0.15, -0.1) is 0 Å². The molecule has 1 amide bonds. The Bertz CT molecular complexity index is 641. The van der Waals surface area contributed by atoms with E-state index >= 15 is 0 Å². The van der Waals surface area contributed by atoms with Crippen LogP contribution in [0.2, 0.25) is 0 Å². The van der Waals surface area contributed by atoms with Crippen molar-refractivity contribution < 1.29 is 4.79 Å². The maximum atomic E-state index is 13.3. The van der Waals surface area contributed by atoms with Crippen LogP contribution in [-0.4, -0.2) is 51.7 Å². The molecule has 0 unspecified atom stereocenters. The molecule has 0 spiro atoms. The predicted octanol–water partition coefficient (Wildman–Crippen LogP) is 2.57. The van der Waals surface area contributed by atoms with Crippen molar-refractivity contribution in [2.24, 2.45) is 0 Å². The third-order valence-electron chi connectivity index (χ3n) is 4.91. The number of aromatic nitrogens is 2. The van der Waals surface area contributed by atoms with Crippen LogP contribution in [0.4, 0.5) is 0 Å². The minimum absolute atomic E-state index is 0.209. The van der Waals surface area contributed by atoms with Gasteiger partial charge in [0.15, 0.2) is 0 Å². The van der Waals surface area contributed by atoms with Crippen LogP contribution >= 0.6 is 0 Å². The van der Waals surface area contributed by atoms with Gasteiger partial charge in [-0.25, -0.2) is 0 Å². The van der Waals surface area contributed by atoms with Crippen molar-refractivity contribution in [1.82, 2.24) is 19.6 Å². The van der Waals surface area contributed by atoms with Gasteiger partial charge in [-0.1, -0.05) is 37.3 Å². The third-order valence-corrected chi connectivity index (χ3v) is 4.91. The molecule has 1 aromatic carbocycles. The highest BCUT2D eigenvalue weighted by Gasteiger charge is 2.35. The largest absolute Gasteiger partial charge is 0.336 e. The van der Waals surface area contributed by atoms with Gasteiger partial charge in [0.2, 0.25) is 5.91 Å². The lowest BCUT2D eigenvalue weighted by molar-refractivity contribution is -0.137. The van der Waals surface area contributed by atoms with Gasteiger partial charge in [0.25, 0.3) is 0 Å². The van der Waals surface area contributed by atoms with Crippen LogP contribution in [0.25, 0.3) is 0 Å². The smallest absolute Gasteiger partial charge is 0.244 e. The number of hydrogen-bond acceptors (Lipinski definition) is 3. The summed E-state index contributed by atoms with van der Waals surface area (Å²) in [7, 11) is 2.02. The zero-order valence-corrected chi connectivity index (χ0v) is 14.5. The fourth-order valence-electron chi connectivity index (χ4n) is 3.50. The standard InChI is InChI=1S/C19H26N4O/c1-3-21(2)18(16-9-5-4-6-10-16)19(24)23-14-7-11-17(23)15-22-13-8-12-20-22/h4-6,8-10,12-13,17-18H,3,7,11,14-15H2,1-2H3/t17-,18-/m0/s1. The molecule has 2 atom stereocenters. The number of likely N-dealkylation sites (tertiary alicyclic amines) is 1. The first kappa shape index (κ1) is 16.7. The molecule has 2 aromatic rings. The number of benzene rings is 1.